The Bertz CT molecular complexity index is 1120. The third-order valence-corrected chi connectivity index (χ3v) is 9.73. The molecule has 5 aliphatic rings. The Morgan fingerprint density at radius 1 is 1.16 bits per heavy atom. The fourth-order valence-electron chi connectivity index (χ4n) is 7.64. The Morgan fingerprint density at radius 2 is 1.84 bits per heavy atom. The minimum atomic E-state index is -1.17. The number of fused-ring (bicyclic) bond motifs is 4. The first-order valence-corrected chi connectivity index (χ1v) is 13.5. The summed E-state index contributed by atoms with van der Waals surface area (Å²) in [5, 5.41) is 10.9. The number of methoxy groups -OCH3 is 1. The topological polar surface area (TPSA) is 123 Å². The molecule has 2 saturated heterocycles. The molecule has 1 N–H and O–H groups in total. The van der Waals surface area contributed by atoms with Crippen molar-refractivity contribution in [1.82, 2.24) is 9.80 Å². The van der Waals surface area contributed by atoms with Crippen molar-refractivity contribution in [3.05, 3.63) is 22.9 Å². The van der Waals surface area contributed by atoms with Gasteiger partial charge in [0.15, 0.2) is 0 Å². The van der Waals surface area contributed by atoms with Crippen molar-refractivity contribution in [1.29, 1.82) is 0 Å². The van der Waals surface area contributed by atoms with Gasteiger partial charge in [0, 0.05) is 62.8 Å². The summed E-state index contributed by atoms with van der Waals surface area (Å²) in [5.74, 6) is -3.93. The number of Topliss-reactive ketones (excluding diaryl/α,β-unsaturated/α-hetero) is 2. The van der Waals surface area contributed by atoms with Crippen LogP contribution in [0, 0.1) is 22.7 Å². The summed E-state index contributed by atoms with van der Waals surface area (Å²) in [7, 11) is 3.51. The van der Waals surface area contributed by atoms with Gasteiger partial charge in [0.2, 0.25) is 11.6 Å². The maximum absolute atomic E-state index is 14.1. The maximum atomic E-state index is 14.1. The number of hydrogen-bond donors (Lipinski definition) is 1. The fourth-order valence-corrected chi connectivity index (χ4v) is 7.64. The Hall–Kier alpha value is -2.56. The number of aliphatic hydroxyl groups excluding tert-OH is 1. The molecule has 0 amide bonds. The van der Waals surface area contributed by atoms with Crippen LogP contribution in [-0.4, -0.2) is 104 Å². The molecule has 2 heterocycles. The molecule has 0 bridgehead atoms. The summed E-state index contributed by atoms with van der Waals surface area (Å²) < 4.78 is 17.2. The minimum Gasteiger partial charge on any atom is -0.458 e. The van der Waals surface area contributed by atoms with Crippen LogP contribution in [0.5, 0.6) is 0 Å². The van der Waals surface area contributed by atoms with E-state index in [0.717, 1.165) is 13.1 Å². The number of allylic oxidation sites excluding steroid dienone is 1. The zero-order valence-corrected chi connectivity index (χ0v) is 22.8. The predicted molar refractivity (Wildman–Crippen MR) is 135 cm³/mol. The van der Waals surface area contributed by atoms with Crippen molar-refractivity contribution in [2.75, 3.05) is 46.9 Å². The van der Waals surface area contributed by atoms with E-state index in [2.05, 4.69) is 4.90 Å². The average Bonchev–Trinajstić information content (AvgIpc) is 3.15. The number of ether oxygens (including phenoxy) is 3. The second kappa shape index (κ2) is 9.57. The second-order valence-corrected chi connectivity index (χ2v) is 12.0. The van der Waals surface area contributed by atoms with Gasteiger partial charge in [-0.2, -0.15) is 0 Å². The number of likely N-dealkylation sites (N-methyl/N-ethyl adjacent to an activating group) is 1. The summed E-state index contributed by atoms with van der Waals surface area (Å²) in [6.07, 6.45) is 0.614. The van der Waals surface area contributed by atoms with Gasteiger partial charge in [0.1, 0.15) is 12.2 Å². The number of ketones is 2. The fraction of sp³-hybridized carbons (Fsp3) is 0.714. The van der Waals surface area contributed by atoms with Crippen LogP contribution in [0.2, 0.25) is 0 Å². The second-order valence-electron chi connectivity index (χ2n) is 12.0. The van der Waals surface area contributed by atoms with Crippen LogP contribution in [0.1, 0.15) is 40.0 Å². The summed E-state index contributed by atoms with van der Waals surface area (Å²) in [4.78, 5) is 57.9. The van der Waals surface area contributed by atoms with Crippen molar-refractivity contribution in [3.63, 3.8) is 0 Å². The zero-order valence-electron chi connectivity index (χ0n) is 22.8. The predicted octanol–water partition coefficient (Wildman–Crippen LogP) is 0.873. The highest BCUT2D eigenvalue weighted by molar-refractivity contribution is 6.47. The molecule has 5 rings (SSSR count). The van der Waals surface area contributed by atoms with Gasteiger partial charge in [-0.3, -0.25) is 14.4 Å². The van der Waals surface area contributed by atoms with Crippen LogP contribution in [0.25, 0.3) is 0 Å². The van der Waals surface area contributed by atoms with E-state index >= 15 is 0 Å². The Labute approximate surface area is 222 Å². The normalized spacial score (nSPS) is 40.6. The molecule has 0 aromatic carbocycles. The van der Waals surface area contributed by atoms with Crippen molar-refractivity contribution >= 4 is 23.5 Å². The highest BCUT2D eigenvalue weighted by Gasteiger charge is 2.67. The van der Waals surface area contributed by atoms with Gasteiger partial charge in [0.05, 0.1) is 24.2 Å². The first-order chi connectivity index (χ1) is 17.9. The van der Waals surface area contributed by atoms with Crippen molar-refractivity contribution < 1.29 is 38.5 Å². The van der Waals surface area contributed by atoms with Gasteiger partial charge in [-0.15, -0.1) is 0 Å². The van der Waals surface area contributed by atoms with E-state index in [0.29, 0.717) is 43.5 Å². The van der Waals surface area contributed by atoms with Crippen molar-refractivity contribution in [2.45, 2.75) is 58.3 Å². The maximum Gasteiger partial charge on any atom is 0.336 e. The molecule has 0 radical (unpaired) electrons. The van der Waals surface area contributed by atoms with Gasteiger partial charge < -0.3 is 29.1 Å². The average molecular weight is 531 g/mol. The summed E-state index contributed by atoms with van der Waals surface area (Å²) in [6, 6.07) is 0. The number of aliphatic hydroxyl groups is 1. The van der Waals surface area contributed by atoms with Crippen LogP contribution in [-0.2, 0) is 33.4 Å². The third kappa shape index (κ3) is 3.95. The van der Waals surface area contributed by atoms with E-state index in [1.54, 1.807) is 6.20 Å². The number of rotatable bonds is 4. The number of piperazine rings is 1. The molecule has 7 atom stereocenters. The van der Waals surface area contributed by atoms with Gasteiger partial charge >= 0.3 is 11.9 Å². The van der Waals surface area contributed by atoms with Crippen LogP contribution in [0.4, 0.5) is 0 Å². The smallest absolute Gasteiger partial charge is 0.336 e. The Morgan fingerprint density at radius 3 is 2.47 bits per heavy atom. The lowest BCUT2D eigenvalue weighted by molar-refractivity contribution is -0.175. The lowest BCUT2D eigenvalue weighted by Gasteiger charge is -2.56. The number of hydrogen-bond acceptors (Lipinski definition) is 10. The molecule has 1 saturated carbocycles. The molecule has 10 nitrogen and oxygen atoms in total. The van der Waals surface area contributed by atoms with Gasteiger partial charge in [0.25, 0.3) is 0 Å². The van der Waals surface area contributed by atoms with Gasteiger partial charge in [-0.05, 0) is 37.8 Å². The van der Waals surface area contributed by atoms with Crippen molar-refractivity contribution in [3.8, 4) is 0 Å². The SMILES string of the molecule is COC[C@H]1OC(=O)/C(=C/N2CCN(C)CC2)C2C(=O)C(=O)C3=C([C@H](OC(C)=O)C[C@@]4(C)C3CC[C@@H]4O)[C@]21C. The first-order valence-electron chi connectivity index (χ1n) is 13.5. The van der Waals surface area contributed by atoms with Crippen LogP contribution < -0.4 is 0 Å². The number of carbonyl (C=O) groups is 4. The first kappa shape index (κ1) is 27.0. The number of carbonyl (C=O) groups excluding carboxylic acids is 4. The largest absolute Gasteiger partial charge is 0.458 e. The highest BCUT2D eigenvalue weighted by atomic mass is 16.6. The van der Waals surface area contributed by atoms with Crippen LogP contribution >= 0.6 is 0 Å². The molecular weight excluding hydrogens is 492 g/mol. The molecule has 208 valence electrons. The number of esters is 2. The van der Waals surface area contributed by atoms with E-state index < -0.39 is 58.6 Å². The molecule has 0 aromatic rings. The molecule has 2 unspecified atom stereocenters. The van der Waals surface area contributed by atoms with E-state index in [1.165, 1.54) is 14.0 Å². The van der Waals surface area contributed by atoms with E-state index in [1.807, 2.05) is 25.8 Å². The zero-order chi connectivity index (χ0) is 27.6. The molecule has 38 heavy (non-hydrogen) atoms. The molecule has 0 aromatic heterocycles. The lowest BCUT2D eigenvalue weighted by Crippen LogP contribution is -2.63. The monoisotopic (exact) mass is 530 g/mol. The van der Waals surface area contributed by atoms with E-state index in [9.17, 15) is 24.3 Å². The minimum absolute atomic E-state index is 0.0101. The van der Waals surface area contributed by atoms with Crippen LogP contribution in [0.3, 0.4) is 0 Å². The van der Waals surface area contributed by atoms with Crippen LogP contribution in [0.15, 0.2) is 22.9 Å². The molecular formula is C28H38N2O8. The number of nitrogens with zero attached hydrogens (tertiary/aromatic N) is 2. The summed E-state index contributed by atoms with van der Waals surface area (Å²) in [5.41, 5.74) is -0.882. The van der Waals surface area contributed by atoms with Gasteiger partial charge in [-0.1, -0.05) is 13.8 Å². The quantitative estimate of drug-likeness (QED) is 0.318. The Balaban J connectivity index is 1.71. The van der Waals surface area contributed by atoms with Crippen molar-refractivity contribution in [2.24, 2.45) is 22.7 Å². The third-order valence-electron chi connectivity index (χ3n) is 9.73. The van der Waals surface area contributed by atoms with E-state index in [4.69, 9.17) is 14.2 Å². The standard InChI is InChI=1S/C28H38N2O8/c1-15(31)37-18-12-27(2)17(6-7-19(27)32)21-23(18)28(3)20(14-36-5)38-26(35)16(22(28)25(34)24(21)33)13-30-10-8-29(4)9-11-30/h13,17-20,22,32H,6-12,14H2,1-5H3/b16-13+/t17?,18-,19+,20-,22?,27+,28+/m1/s1. The molecule has 10 heteroatoms. The van der Waals surface area contributed by atoms with Gasteiger partial charge in [-0.25, -0.2) is 4.79 Å². The Kier molecular flexibility index (Phi) is 6.81. The molecule has 0 spiro atoms. The number of cyclic esters (lactones) is 1. The highest BCUT2D eigenvalue weighted by Crippen LogP contribution is 2.63. The molecule has 3 fully saturated rings. The summed E-state index contributed by atoms with van der Waals surface area (Å²) >= 11 is 0. The molecule has 3 aliphatic carbocycles. The summed E-state index contributed by atoms with van der Waals surface area (Å²) in [6.45, 7) is 7.98. The lowest BCUT2D eigenvalue weighted by atomic mass is 9.50. The van der Waals surface area contributed by atoms with E-state index in [-0.39, 0.29) is 18.1 Å². The molecule has 2 aliphatic heterocycles.